The van der Waals surface area contributed by atoms with Gasteiger partial charge in [-0.1, -0.05) is 18.2 Å². The molecule has 0 radical (unpaired) electrons. The predicted octanol–water partition coefficient (Wildman–Crippen LogP) is 3.61. The number of aliphatic imine (C=N–C) groups is 1. The van der Waals surface area contributed by atoms with Gasteiger partial charge in [0.15, 0.2) is 5.96 Å². The van der Waals surface area contributed by atoms with Crippen LogP contribution in [0.1, 0.15) is 30.6 Å². The molecular formula is C20H30IN3O3. The third-order valence-corrected chi connectivity index (χ3v) is 4.72. The average molecular weight is 487 g/mol. The van der Waals surface area contributed by atoms with Crippen molar-refractivity contribution >= 4 is 40.9 Å². The number of hydrogen-bond acceptors (Lipinski definition) is 4. The highest BCUT2D eigenvalue weighted by Gasteiger charge is 2.13. The van der Waals surface area contributed by atoms with Crippen LogP contribution in [0.3, 0.4) is 0 Å². The first-order valence-electron chi connectivity index (χ1n) is 9.39. The molecule has 3 rings (SSSR count). The van der Waals surface area contributed by atoms with Crippen LogP contribution in [0.4, 0.5) is 0 Å². The molecule has 2 heterocycles. The molecule has 1 aromatic heterocycles. The van der Waals surface area contributed by atoms with Crippen LogP contribution in [-0.4, -0.2) is 45.5 Å². The second kappa shape index (κ2) is 11.5. The minimum atomic E-state index is 0. The Bertz CT molecular complexity index is 726. The average Bonchev–Trinajstić information content (AvgIpc) is 3.01. The first kappa shape index (κ1) is 22.0. The van der Waals surface area contributed by atoms with Crippen LogP contribution >= 0.6 is 24.0 Å². The summed E-state index contributed by atoms with van der Waals surface area (Å²) in [6, 6.07) is 8.11. The molecule has 0 aliphatic carbocycles. The molecule has 7 heteroatoms. The van der Waals surface area contributed by atoms with Crippen LogP contribution in [0.2, 0.25) is 0 Å². The number of nitrogens with one attached hydrogen (secondary N) is 2. The van der Waals surface area contributed by atoms with Gasteiger partial charge in [-0.3, -0.25) is 4.99 Å². The smallest absolute Gasteiger partial charge is 0.191 e. The van der Waals surface area contributed by atoms with E-state index in [9.17, 15) is 0 Å². The van der Waals surface area contributed by atoms with Gasteiger partial charge in [-0.05, 0) is 32.3 Å². The summed E-state index contributed by atoms with van der Waals surface area (Å²) < 4.78 is 17.2. The van der Waals surface area contributed by atoms with Crippen molar-refractivity contribution in [3.8, 4) is 0 Å². The Balaban J connectivity index is 0.00000261. The van der Waals surface area contributed by atoms with Crippen molar-refractivity contribution in [2.24, 2.45) is 4.99 Å². The van der Waals surface area contributed by atoms with E-state index in [1.807, 2.05) is 18.2 Å². The number of benzene rings is 1. The summed E-state index contributed by atoms with van der Waals surface area (Å²) in [7, 11) is 1.78. The molecule has 6 nitrogen and oxygen atoms in total. The fourth-order valence-corrected chi connectivity index (χ4v) is 3.15. The van der Waals surface area contributed by atoms with Gasteiger partial charge in [-0.25, -0.2) is 0 Å². The number of halogens is 1. The molecule has 1 aromatic carbocycles. The van der Waals surface area contributed by atoms with Crippen molar-refractivity contribution in [3.05, 3.63) is 35.6 Å². The fraction of sp³-hybridized carbons (Fsp3) is 0.550. The molecular weight excluding hydrogens is 457 g/mol. The van der Waals surface area contributed by atoms with Gasteiger partial charge >= 0.3 is 0 Å². The van der Waals surface area contributed by atoms with Crippen LogP contribution in [0.25, 0.3) is 11.0 Å². The Hall–Kier alpha value is -1.32. The first-order valence-corrected chi connectivity index (χ1v) is 9.39. The molecule has 1 fully saturated rings. The van der Waals surface area contributed by atoms with Crippen molar-refractivity contribution in [1.82, 2.24) is 10.6 Å². The van der Waals surface area contributed by atoms with Crippen molar-refractivity contribution in [2.75, 3.05) is 33.4 Å². The summed E-state index contributed by atoms with van der Waals surface area (Å²) in [4.78, 5) is 4.27. The zero-order valence-electron chi connectivity index (χ0n) is 16.1. The van der Waals surface area contributed by atoms with Gasteiger partial charge in [-0.2, -0.15) is 0 Å². The zero-order chi connectivity index (χ0) is 18.2. The third kappa shape index (κ3) is 6.36. The second-order valence-electron chi connectivity index (χ2n) is 6.54. The van der Waals surface area contributed by atoms with Gasteiger partial charge in [0.05, 0.1) is 12.6 Å². The van der Waals surface area contributed by atoms with Gasteiger partial charge in [-0.15, -0.1) is 24.0 Å². The van der Waals surface area contributed by atoms with Crippen molar-refractivity contribution < 1.29 is 13.9 Å². The molecule has 1 aliphatic rings. The normalized spacial score (nSPS) is 15.6. The molecule has 0 bridgehead atoms. The first-order chi connectivity index (χ1) is 12.8. The maximum absolute atomic E-state index is 5.93. The fourth-order valence-electron chi connectivity index (χ4n) is 3.15. The van der Waals surface area contributed by atoms with E-state index in [-0.39, 0.29) is 24.0 Å². The van der Waals surface area contributed by atoms with Gasteiger partial charge in [0.1, 0.15) is 11.3 Å². The minimum absolute atomic E-state index is 0. The molecule has 2 N–H and O–H groups in total. The van der Waals surface area contributed by atoms with E-state index >= 15 is 0 Å². The van der Waals surface area contributed by atoms with Crippen molar-refractivity contribution in [2.45, 2.75) is 38.8 Å². The van der Waals surface area contributed by atoms with Crippen LogP contribution in [0, 0.1) is 6.92 Å². The summed E-state index contributed by atoms with van der Waals surface area (Å²) in [5.41, 5.74) is 2.10. The Morgan fingerprint density at radius 2 is 2.00 bits per heavy atom. The van der Waals surface area contributed by atoms with Gasteiger partial charge < -0.3 is 24.5 Å². The zero-order valence-corrected chi connectivity index (χ0v) is 18.5. The van der Waals surface area contributed by atoms with E-state index in [0.717, 1.165) is 68.3 Å². The van der Waals surface area contributed by atoms with Gasteiger partial charge in [0.25, 0.3) is 0 Å². The number of para-hydroxylation sites is 1. The Labute approximate surface area is 178 Å². The number of hydrogen-bond donors (Lipinski definition) is 2. The summed E-state index contributed by atoms with van der Waals surface area (Å²) in [6.07, 6.45) is 3.32. The minimum Gasteiger partial charge on any atom is -0.459 e. The molecule has 1 saturated heterocycles. The number of fused-ring (bicyclic) bond motifs is 1. The van der Waals surface area contributed by atoms with E-state index in [0.29, 0.717) is 12.6 Å². The molecule has 0 saturated carbocycles. The Kier molecular flexibility index (Phi) is 9.36. The number of guanidine groups is 1. The highest BCUT2D eigenvalue weighted by atomic mass is 127. The molecule has 0 amide bonds. The van der Waals surface area contributed by atoms with E-state index in [1.165, 1.54) is 5.56 Å². The number of ether oxygens (including phenoxy) is 2. The predicted molar refractivity (Wildman–Crippen MR) is 119 cm³/mol. The monoisotopic (exact) mass is 487 g/mol. The lowest BCUT2D eigenvalue weighted by Gasteiger charge is -2.22. The molecule has 0 atom stereocenters. The largest absolute Gasteiger partial charge is 0.459 e. The van der Waals surface area contributed by atoms with Crippen LogP contribution in [0.15, 0.2) is 33.7 Å². The summed E-state index contributed by atoms with van der Waals surface area (Å²) >= 11 is 0. The molecule has 27 heavy (non-hydrogen) atoms. The van der Waals surface area contributed by atoms with Gasteiger partial charge in [0.2, 0.25) is 0 Å². The maximum atomic E-state index is 5.93. The Morgan fingerprint density at radius 1 is 1.22 bits per heavy atom. The molecule has 0 unspecified atom stereocenters. The number of nitrogens with zero attached hydrogens (tertiary/aromatic N) is 1. The van der Waals surface area contributed by atoms with E-state index < -0.39 is 0 Å². The van der Waals surface area contributed by atoms with Crippen LogP contribution in [-0.2, 0) is 16.0 Å². The second-order valence-corrected chi connectivity index (χ2v) is 6.54. The number of aryl methyl sites for hydroxylation is 1. The molecule has 0 spiro atoms. The standard InChI is InChI=1S/C20H29N3O3.HI/c1-15-17-6-3-4-7-18(17)26-19(15)14-23-20(21-2)22-10-5-11-25-16-8-12-24-13-9-16;/h3-4,6-7,16H,5,8-14H2,1-2H3,(H2,21,22,23);1H. The van der Waals surface area contributed by atoms with E-state index in [1.54, 1.807) is 7.05 Å². The lowest BCUT2D eigenvalue weighted by atomic mass is 10.1. The number of rotatable bonds is 7. The van der Waals surface area contributed by atoms with E-state index in [2.05, 4.69) is 28.6 Å². The quantitative estimate of drug-likeness (QED) is 0.270. The van der Waals surface area contributed by atoms with Crippen LogP contribution in [0.5, 0.6) is 0 Å². The van der Waals surface area contributed by atoms with Crippen molar-refractivity contribution in [1.29, 1.82) is 0 Å². The summed E-state index contributed by atoms with van der Waals surface area (Å²) in [6.45, 7) is 5.92. The molecule has 2 aromatic rings. The molecule has 1 aliphatic heterocycles. The highest BCUT2D eigenvalue weighted by Crippen LogP contribution is 2.24. The topological polar surface area (TPSA) is 68.0 Å². The lowest BCUT2D eigenvalue weighted by molar-refractivity contribution is -0.0320. The summed E-state index contributed by atoms with van der Waals surface area (Å²) in [5.74, 6) is 1.72. The Morgan fingerprint density at radius 3 is 2.74 bits per heavy atom. The third-order valence-electron chi connectivity index (χ3n) is 4.72. The lowest BCUT2D eigenvalue weighted by Crippen LogP contribution is -2.37. The number of furan rings is 1. The maximum Gasteiger partial charge on any atom is 0.191 e. The molecule has 150 valence electrons. The van der Waals surface area contributed by atoms with Crippen molar-refractivity contribution in [3.63, 3.8) is 0 Å². The van der Waals surface area contributed by atoms with E-state index in [4.69, 9.17) is 13.9 Å². The van der Waals surface area contributed by atoms with Gasteiger partial charge in [0, 0.05) is 44.4 Å². The summed E-state index contributed by atoms with van der Waals surface area (Å²) in [5, 5.41) is 7.80. The SMILES string of the molecule is CN=C(NCCCOC1CCOCC1)NCc1oc2ccccc2c1C.I. The van der Waals surface area contributed by atoms with Crippen LogP contribution < -0.4 is 10.6 Å². The highest BCUT2D eigenvalue weighted by molar-refractivity contribution is 14.0.